The molecule has 0 aromatic heterocycles. The molecule has 0 heterocycles. The molecule has 0 saturated carbocycles. The first kappa shape index (κ1) is 19.1. The van der Waals surface area contributed by atoms with Crippen LogP contribution in [0.4, 0.5) is 0 Å². The Balaban J connectivity index is 1.35. The molecule has 36 heavy (non-hydrogen) atoms. The lowest BCUT2D eigenvalue weighted by atomic mass is 9.88. The highest BCUT2D eigenvalue weighted by Gasteiger charge is 2.14. The van der Waals surface area contributed by atoms with Crippen molar-refractivity contribution < 1.29 is 0 Å². The molecule has 0 radical (unpaired) electrons. The van der Waals surface area contributed by atoms with Crippen LogP contribution in [0, 0.1) is 0 Å². The van der Waals surface area contributed by atoms with Gasteiger partial charge in [-0.1, -0.05) is 97.1 Å². The predicted molar refractivity (Wildman–Crippen MR) is 155 cm³/mol. The molecule has 0 heteroatoms. The lowest BCUT2D eigenvalue weighted by Crippen LogP contribution is -1.97. The highest BCUT2D eigenvalue weighted by Crippen LogP contribution is 2.39. The quantitative estimate of drug-likeness (QED) is 0.199. The molecule has 16 bridgehead atoms. The van der Waals surface area contributed by atoms with E-state index in [0.29, 0.717) is 0 Å². The van der Waals surface area contributed by atoms with Crippen LogP contribution >= 0.6 is 0 Å². The third kappa shape index (κ3) is 2.59. The van der Waals surface area contributed by atoms with Crippen molar-refractivity contribution in [2.24, 2.45) is 0 Å². The van der Waals surface area contributed by atoms with Crippen LogP contribution in [0.5, 0.6) is 0 Å². The maximum Gasteiger partial charge on any atom is -0.00266 e. The molecule has 0 fully saturated rings. The van der Waals surface area contributed by atoms with Gasteiger partial charge in [0.25, 0.3) is 0 Å². The fourth-order valence-corrected chi connectivity index (χ4v) is 7.09. The van der Waals surface area contributed by atoms with Gasteiger partial charge < -0.3 is 0 Å². The van der Waals surface area contributed by atoms with E-state index in [0.717, 1.165) is 25.7 Å². The van der Waals surface area contributed by atoms with Crippen molar-refractivity contribution in [1.29, 1.82) is 0 Å². The third-order valence-corrected chi connectivity index (χ3v) is 8.71. The van der Waals surface area contributed by atoms with Crippen LogP contribution in [-0.4, -0.2) is 0 Å². The first-order chi connectivity index (χ1) is 17.8. The number of hydrogen-bond acceptors (Lipinski definition) is 0. The van der Waals surface area contributed by atoms with Gasteiger partial charge in [0.15, 0.2) is 0 Å². The van der Waals surface area contributed by atoms with E-state index >= 15 is 0 Å². The standard InChI is InChI=1S/C36H24/c1-2-22-15-27-9-11-31-19-24(20-32-12-10-28(16-22)34(27)36(31)32)4-3-23-17-29-7-5-25-13-21(1)14-26-6-8-30(18-23)35(29)33(25)26/h5-20H,1-4H2. The molecule has 0 aliphatic heterocycles. The maximum absolute atomic E-state index is 2.43. The van der Waals surface area contributed by atoms with Gasteiger partial charge in [0.05, 0.1) is 0 Å². The molecule has 0 atom stereocenters. The van der Waals surface area contributed by atoms with Crippen molar-refractivity contribution in [3.63, 3.8) is 0 Å². The van der Waals surface area contributed by atoms with Gasteiger partial charge >= 0.3 is 0 Å². The van der Waals surface area contributed by atoms with E-state index in [4.69, 9.17) is 0 Å². The summed E-state index contributed by atoms with van der Waals surface area (Å²) in [6.07, 6.45) is 4.21. The van der Waals surface area contributed by atoms with E-state index in [1.807, 2.05) is 0 Å². The Morgan fingerprint density at radius 3 is 0.583 bits per heavy atom. The molecule has 0 spiro atoms. The highest BCUT2D eigenvalue weighted by molar-refractivity contribution is 6.24. The fraction of sp³-hybridized carbons (Fsp3) is 0.111. The summed E-state index contributed by atoms with van der Waals surface area (Å²) in [6.45, 7) is 0. The van der Waals surface area contributed by atoms with E-state index in [1.165, 1.54) is 86.9 Å². The Kier molecular flexibility index (Phi) is 3.57. The van der Waals surface area contributed by atoms with Gasteiger partial charge in [-0.05, 0) is 113 Å². The van der Waals surface area contributed by atoms with E-state index in [9.17, 15) is 0 Å². The van der Waals surface area contributed by atoms with E-state index in [-0.39, 0.29) is 0 Å². The van der Waals surface area contributed by atoms with E-state index < -0.39 is 0 Å². The molecule has 0 saturated heterocycles. The molecule has 19 rings (SSSR count). The number of benzene rings is 8. The highest BCUT2D eigenvalue weighted by atomic mass is 14.2. The Bertz CT molecular complexity index is 1700. The second-order valence-electron chi connectivity index (χ2n) is 10.9. The predicted octanol–water partition coefficient (Wildman–Crippen LogP) is 9.37. The average molecular weight is 457 g/mol. The molecule has 0 N–H and O–H groups in total. The summed E-state index contributed by atoms with van der Waals surface area (Å²) in [5.74, 6) is 0. The lowest BCUT2D eigenvalue weighted by Gasteiger charge is -2.16. The normalized spacial score (nSPS) is 14.2. The van der Waals surface area contributed by atoms with Crippen LogP contribution in [0.15, 0.2) is 97.1 Å². The minimum absolute atomic E-state index is 1.05. The van der Waals surface area contributed by atoms with Crippen molar-refractivity contribution >= 4 is 64.6 Å². The van der Waals surface area contributed by atoms with Crippen LogP contribution in [0.25, 0.3) is 64.6 Å². The smallest absolute Gasteiger partial charge is 0.00266 e. The Morgan fingerprint density at radius 1 is 0.250 bits per heavy atom. The first-order valence-electron chi connectivity index (χ1n) is 13.2. The molecule has 11 aliphatic carbocycles. The summed E-state index contributed by atoms with van der Waals surface area (Å²) in [7, 11) is 0. The molecule has 11 aliphatic rings. The third-order valence-electron chi connectivity index (χ3n) is 8.71. The SMILES string of the molecule is c1cc2cc3cc4ccc5cc(cc1c5c24)CCc1cc2ccc4cc(cc5ccc(c1)c2c45)CC3. The zero-order chi connectivity index (χ0) is 23.4. The monoisotopic (exact) mass is 456 g/mol. The van der Waals surface area contributed by atoms with Gasteiger partial charge in [0.1, 0.15) is 0 Å². The van der Waals surface area contributed by atoms with Gasteiger partial charge in [-0.15, -0.1) is 0 Å². The molecular formula is C36H24. The summed E-state index contributed by atoms with van der Waals surface area (Å²) in [6, 6.07) is 38.1. The Hall–Kier alpha value is -4.16. The molecule has 0 unspecified atom stereocenters. The summed E-state index contributed by atoms with van der Waals surface area (Å²) in [5, 5.41) is 16.6. The van der Waals surface area contributed by atoms with Crippen molar-refractivity contribution in [3.8, 4) is 0 Å². The fourth-order valence-electron chi connectivity index (χ4n) is 7.09. The molecule has 8 aromatic rings. The second kappa shape index (κ2) is 6.74. The molecule has 0 nitrogen and oxygen atoms in total. The van der Waals surface area contributed by atoms with Gasteiger partial charge in [0, 0.05) is 0 Å². The minimum atomic E-state index is 1.05. The Morgan fingerprint density at radius 2 is 0.417 bits per heavy atom. The van der Waals surface area contributed by atoms with Gasteiger partial charge in [-0.25, -0.2) is 0 Å². The second-order valence-corrected chi connectivity index (χ2v) is 10.9. The minimum Gasteiger partial charge on any atom is -0.0537 e. The molecular weight excluding hydrogens is 432 g/mol. The first-order valence-corrected chi connectivity index (χ1v) is 13.2. The summed E-state index contributed by atoms with van der Waals surface area (Å²) < 4.78 is 0. The van der Waals surface area contributed by atoms with Crippen LogP contribution in [0.2, 0.25) is 0 Å². The summed E-state index contributed by atoms with van der Waals surface area (Å²) in [5.41, 5.74) is 5.70. The van der Waals surface area contributed by atoms with Crippen molar-refractivity contribution in [3.05, 3.63) is 119 Å². The van der Waals surface area contributed by atoms with Crippen molar-refractivity contribution in [2.75, 3.05) is 0 Å². The van der Waals surface area contributed by atoms with E-state index in [1.54, 1.807) is 0 Å². The number of hydrogen-bond donors (Lipinski definition) is 0. The summed E-state index contributed by atoms with van der Waals surface area (Å²) in [4.78, 5) is 0. The van der Waals surface area contributed by atoms with Crippen LogP contribution in [0.1, 0.15) is 22.3 Å². The lowest BCUT2D eigenvalue weighted by molar-refractivity contribution is 0.966. The summed E-state index contributed by atoms with van der Waals surface area (Å²) >= 11 is 0. The maximum atomic E-state index is 2.43. The average Bonchev–Trinajstić information content (AvgIpc) is 2.91. The van der Waals surface area contributed by atoms with E-state index in [2.05, 4.69) is 97.1 Å². The molecule has 0 amide bonds. The largest absolute Gasteiger partial charge is 0.0537 e. The zero-order valence-corrected chi connectivity index (χ0v) is 20.1. The van der Waals surface area contributed by atoms with Crippen molar-refractivity contribution in [1.82, 2.24) is 0 Å². The molecule has 8 aromatic carbocycles. The van der Waals surface area contributed by atoms with Crippen LogP contribution in [-0.2, 0) is 25.7 Å². The number of aryl methyl sites for hydroxylation is 4. The van der Waals surface area contributed by atoms with Crippen LogP contribution in [0.3, 0.4) is 0 Å². The zero-order valence-electron chi connectivity index (χ0n) is 20.1. The topological polar surface area (TPSA) is 0 Å². The number of rotatable bonds is 0. The Labute approximate surface area is 209 Å². The molecule has 168 valence electrons. The van der Waals surface area contributed by atoms with Crippen LogP contribution < -0.4 is 0 Å². The van der Waals surface area contributed by atoms with Gasteiger partial charge in [-0.2, -0.15) is 0 Å². The van der Waals surface area contributed by atoms with Crippen molar-refractivity contribution in [2.45, 2.75) is 25.7 Å². The van der Waals surface area contributed by atoms with Gasteiger partial charge in [0.2, 0.25) is 0 Å². The van der Waals surface area contributed by atoms with Gasteiger partial charge in [-0.3, -0.25) is 0 Å².